The van der Waals surface area contributed by atoms with Crippen molar-refractivity contribution in [3.05, 3.63) is 12.3 Å². The van der Waals surface area contributed by atoms with E-state index >= 15 is 0 Å². The Labute approximate surface area is 107 Å². The molecule has 6 nitrogen and oxygen atoms in total. The van der Waals surface area contributed by atoms with Crippen LogP contribution in [-0.2, 0) is 4.74 Å². The molecule has 2 atom stereocenters. The number of rotatable bonds is 4. The van der Waals surface area contributed by atoms with Crippen LogP contribution in [0.3, 0.4) is 0 Å². The molecule has 0 aliphatic carbocycles. The highest BCUT2D eigenvalue weighted by molar-refractivity contribution is 5.35. The number of aromatic nitrogens is 2. The van der Waals surface area contributed by atoms with Gasteiger partial charge in [0.15, 0.2) is 0 Å². The van der Waals surface area contributed by atoms with E-state index in [4.69, 9.17) is 4.74 Å². The van der Waals surface area contributed by atoms with Crippen LogP contribution in [0.4, 0.5) is 5.82 Å². The molecule has 1 aromatic rings. The zero-order valence-corrected chi connectivity index (χ0v) is 10.7. The van der Waals surface area contributed by atoms with Gasteiger partial charge < -0.3 is 20.7 Å². The number of hydrogen-bond acceptors (Lipinski definition) is 5. The molecule has 6 heteroatoms. The van der Waals surface area contributed by atoms with Crippen molar-refractivity contribution in [1.82, 2.24) is 20.4 Å². The van der Waals surface area contributed by atoms with Crippen molar-refractivity contribution in [2.75, 3.05) is 38.1 Å². The maximum absolute atomic E-state index is 5.64. The molecule has 3 heterocycles. The first-order valence-corrected chi connectivity index (χ1v) is 6.67. The van der Waals surface area contributed by atoms with E-state index in [1.165, 1.54) is 0 Å². The first-order chi connectivity index (χ1) is 8.84. The Morgan fingerprint density at radius 1 is 1.56 bits per heavy atom. The van der Waals surface area contributed by atoms with Crippen LogP contribution in [0.2, 0.25) is 0 Å². The van der Waals surface area contributed by atoms with E-state index in [2.05, 4.69) is 32.7 Å². The number of nitrogens with zero attached hydrogens (tertiary/aromatic N) is 2. The van der Waals surface area contributed by atoms with E-state index in [0.717, 1.165) is 38.6 Å². The number of ether oxygens (including phenoxy) is 1. The number of morpholine rings is 1. The third kappa shape index (κ3) is 2.36. The van der Waals surface area contributed by atoms with Crippen LogP contribution in [0.15, 0.2) is 12.3 Å². The summed E-state index contributed by atoms with van der Waals surface area (Å²) >= 11 is 0. The first-order valence-electron chi connectivity index (χ1n) is 6.67. The standard InChI is InChI=1S/C12H21N5O/c1-9-11(14-4-5-18-9)8-15-12-2-3-16-17(12)10-6-13-7-10/h2-3,9-11,13-15H,4-8H2,1H3. The van der Waals surface area contributed by atoms with Gasteiger partial charge in [-0.2, -0.15) is 5.10 Å². The summed E-state index contributed by atoms with van der Waals surface area (Å²) in [6.45, 7) is 6.75. The molecule has 0 radical (unpaired) electrons. The zero-order chi connectivity index (χ0) is 12.4. The lowest BCUT2D eigenvalue weighted by Gasteiger charge is -2.32. The lowest BCUT2D eigenvalue weighted by atomic mass is 10.1. The van der Waals surface area contributed by atoms with Crippen LogP contribution in [0.25, 0.3) is 0 Å². The van der Waals surface area contributed by atoms with Gasteiger partial charge in [-0.25, -0.2) is 4.68 Å². The molecule has 0 aromatic carbocycles. The van der Waals surface area contributed by atoms with Gasteiger partial charge in [-0.05, 0) is 6.92 Å². The summed E-state index contributed by atoms with van der Waals surface area (Å²) in [5.41, 5.74) is 0. The smallest absolute Gasteiger partial charge is 0.124 e. The van der Waals surface area contributed by atoms with Crippen LogP contribution >= 0.6 is 0 Å². The van der Waals surface area contributed by atoms with Crippen LogP contribution in [0.5, 0.6) is 0 Å². The number of nitrogens with one attached hydrogen (secondary N) is 3. The minimum atomic E-state index is 0.257. The van der Waals surface area contributed by atoms with Gasteiger partial charge >= 0.3 is 0 Å². The molecular formula is C12H21N5O. The van der Waals surface area contributed by atoms with Gasteiger partial charge in [-0.15, -0.1) is 0 Å². The van der Waals surface area contributed by atoms with E-state index in [9.17, 15) is 0 Å². The van der Waals surface area contributed by atoms with Crippen LogP contribution in [0.1, 0.15) is 13.0 Å². The summed E-state index contributed by atoms with van der Waals surface area (Å²) in [5.74, 6) is 1.10. The number of hydrogen-bond donors (Lipinski definition) is 3. The largest absolute Gasteiger partial charge is 0.375 e. The third-order valence-electron chi connectivity index (χ3n) is 3.74. The van der Waals surface area contributed by atoms with Gasteiger partial charge in [-0.1, -0.05) is 0 Å². The summed E-state index contributed by atoms with van der Waals surface area (Å²) in [5, 5.41) is 14.6. The molecule has 0 bridgehead atoms. The van der Waals surface area contributed by atoms with Crippen molar-refractivity contribution < 1.29 is 4.74 Å². The summed E-state index contributed by atoms with van der Waals surface area (Å²) in [4.78, 5) is 0. The minimum Gasteiger partial charge on any atom is -0.375 e. The highest BCUT2D eigenvalue weighted by atomic mass is 16.5. The van der Waals surface area contributed by atoms with Crippen molar-refractivity contribution in [3.8, 4) is 0 Å². The fraction of sp³-hybridized carbons (Fsp3) is 0.750. The van der Waals surface area contributed by atoms with Crippen molar-refractivity contribution in [2.45, 2.75) is 25.1 Å². The molecule has 18 heavy (non-hydrogen) atoms. The Kier molecular flexibility index (Phi) is 3.49. The molecule has 2 aliphatic heterocycles. The first kappa shape index (κ1) is 12.0. The van der Waals surface area contributed by atoms with Gasteiger partial charge in [0.1, 0.15) is 5.82 Å². The summed E-state index contributed by atoms with van der Waals surface area (Å²) in [7, 11) is 0. The lowest BCUT2D eigenvalue weighted by Crippen LogP contribution is -2.50. The molecular weight excluding hydrogens is 230 g/mol. The van der Waals surface area contributed by atoms with E-state index in [0.29, 0.717) is 12.1 Å². The highest BCUT2D eigenvalue weighted by Gasteiger charge is 2.24. The Balaban J connectivity index is 1.57. The molecule has 0 saturated carbocycles. The summed E-state index contributed by atoms with van der Waals surface area (Å²) in [6, 6.07) is 2.89. The highest BCUT2D eigenvalue weighted by Crippen LogP contribution is 2.17. The van der Waals surface area contributed by atoms with Crippen molar-refractivity contribution in [2.24, 2.45) is 0 Å². The van der Waals surface area contributed by atoms with Crippen LogP contribution < -0.4 is 16.0 Å². The molecule has 2 aliphatic rings. The molecule has 2 unspecified atom stereocenters. The molecule has 100 valence electrons. The zero-order valence-electron chi connectivity index (χ0n) is 10.7. The molecule has 2 fully saturated rings. The van der Waals surface area contributed by atoms with Crippen molar-refractivity contribution in [1.29, 1.82) is 0 Å². The normalized spacial score (nSPS) is 28.9. The minimum absolute atomic E-state index is 0.257. The van der Waals surface area contributed by atoms with Crippen molar-refractivity contribution >= 4 is 5.82 Å². The molecule has 3 N–H and O–H groups in total. The van der Waals surface area contributed by atoms with Gasteiger partial charge in [0.05, 0.1) is 31.0 Å². The Morgan fingerprint density at radius 3 is 3.17 bits per heavy atom. The van der Waals surface area contributed by atoms with Gasteiger partial charge in [0.2, 0.25) is 0 Å². The molecule has 0 spiro atoms. The fourth-order valence-electron chi connectivity index (χ4n) is 2.42. The lowest BCUT2D eigenvalue weighted by molar-refractivity contribution is 0.0119. The van der Waals surface area contributed by atoms with Gasteiger partial charge in [0, 0.05) is 32.2 Å². The monoisotopic (exact) mass is 251 g/mol. The number of anilines is 1. The summed E-state index contributed by atoms with van der Waals surface area (Å²) < 4.78 is 7.71. The van der Waals surface area contributed by atoms with E-state index in [1.54, 1.807) is 0 Å². The Morgan fingerprint density at radius 2 is 2.44 bits per heavy atom. The van der Waals surface area contributed by atoms with Crippen LogP contribution in [-0.4, -0.2) is 54.7 Å². The predicted octanol–water partition coefficient (Wildman–Crippen LogP) is -0.184. The van der Waals surface area contributed by atoms with Crippen molar-refractivity contribution in [3.63, 3.8) is 0 Å². The average molecular weight is 251 g/mol. The Bertz CT molecular complexity index is 390. The van der Waals surface area contributed by atoms with Gasteiger partial charge in [0.25, 0.3) is 0 Å². The molecule has 3 rings (SSSR count). The second-order valence-corrected chi connectivity index (χ2v) is 4.99. The summed E-state index contributed by atoms with van der Waals surface area (Å²) in [6.07, 6.45) is 2.11. The topological polar surface area (TPSA) is 63.1 Å². The molecule has 1 aromatic heterocycles. The average Bonchev–Trinajstić information content (AvgIpc) is 2.74. The van der Waals surface area contributed by atoms with E-state index in [1.807, 2.05) is 12.3 Å². The SMILES string of the molecule is CC1OCCNC1CNc1ccnn1C1CNC1. The van der Waals surface area contributed by atoms with Gasteiger partial charge in [-0.3, -0.25) is 0 Å². The fourth-order valence-corrected chi connectivity index (χ4v) is 2.42. The second kappa shape index (κ2) is 5.26. The maximum atomic E-state index is 5.64. The molecule has 2 saturated heterocycles. The molecule has 0 amide bonds. The van der Waals surface area contributed by atoms with E-state index in [-0.39, 0.29) is 6.10 Å². The van der Waals surface area contributed by atoms with E-state index < -0.39 is 0 Å². The maximum Gasteiger partial charge on any atom is 0.124 e. The Hall–Kier alpha value is -1.11. The van der Waals surface area contributed by atoms with Crippen LogP contribution in [0, 0.1) is 0 Å². The second-order valence-electron chi connectivity index (χ2n) is 4.99. The quantitative estimate of drug-likeness (QED) is 0.693. The predicted molar refractivity (Wildman–Crippen MR) is 69.8 cm³/mol. The third-order valence-corrected chi connectivity index (χ3v) is 3.74.